The third kappa shape index (κ3) is 0. The van der Waals surface area contributed by atoms with Crippen molar-refractivity contribution in [3.8, 4) is 0 Å². The van der Waals surface area contributed by atoms with Crippen LogP contribution in [0.3, 0.4) is 0 Å². The Morgan fingerprint density at radius 1 is 1.33 bits per heavy atom. The Labute approximate surface area is 44.0 Å². The van der Waals surface area contributed by atoms with Gasteiger partial charge in [-0.05, 0) is 5.92 Å². The van der Waals surface area contributed by atoms with Crippen molar-refractivity contribution in [1.82, 2.24) is 0 Å². The summed E-state index contributed by atoms with van der Waals surface area (Å²) in [6.07, 6.45) is 0. The molecule has 0 aromatic rings. The van der Waals surface area contributed by atoms with Crippen LogP contribution >= 0.6 is 0 Å². The van der Waals surface area contributed by atoms with Crippen molar-refractivity contribution < 1.29 is 1.37 Å². The van der Waals surface area contributed by atoms with Gasteiger partial charge in [-0.25, -0.2) is 0 Å². The highest BCUT2D eigenvalue weighted by Crippen LogP contribution is 1.81. The van der Waals surface area contributed by atoms with Gasteiger partial charge in [0.25, 0.3) is 0 Å². The lowest BCUT2D eigenvalue weighted by Gasteiger charge is -1.79. The van der Waals surface area contributed by atoms with Gasteiger partial charge in [0.05, 0.1) is 0 Å². The molecule has 0 nitrogen and oxygen atoms in total. The molecular formula is C6H18. The topological polar surface area (TPSA) is 0 Å². The molecule has 0 fully saturated rings. The summed E-state index contributed by atoms with van der Waals surface area (Å²) in [6.45, 7) is 4.62. The Morgan fingerprint density at radius 3 is 1.50 bits per heavy atom. The Morgan fingerprint density at radius 2 is 1.50 bits per heavy atom. The molecule has 0 bridgehead atoms. The summed E-state index contributed by atoms with van der Waals surface area (Å²) in [6, 6.07) is 0. The molecule has 0 atom stereocenters. The maximum absolute atomic E-state index is 6.66. The molecule has 0 N–H and O–H groups in total. The van der Waals surface area contributed by atoms with E-state index in [1.54, 1.807) is 0 Å². The zero-order chi connectivity index (χ0) is 4.28. The van der Waals surface area contributed by atoms with Gasteiger partial charge in [-0.1, -0.05) is 35.6 Å². The molecule has 0 rings (SSSR count). The van der Waals surface area contributed by atoms with Gasteiger partial charge in [-0.15, -0.1) is 0 Å². The summed E-state index contributed by atoms with van der Waals surface area (Å²) >= 11 is 0. The Kier molecular flexibility index (Phi) is 13.9. The molecule has 0 heteroatoms. The van der Waals surface area contributed by atoms with Crippen LogP contribution < -0.4 is 0 Å². The van der Waals surface area contributed by atoms with Crippen LogP contribution in [-0.4, -0.2) is 0 Å². The third-order valence-electron chi connectivity index (χ3n) is 0. The predicted octanol–water partition coefficient (Wildman–Crippen LogP) is 2.93. The van der Waals surface area contributed by atoms with Crippen molar-refractivity contribution in [2.75, 3.05) is 0 Å². The highest BCUT2D eigenvalue weighted by atomic mass is 13.7. The van der Waals surface area contributed by atoms with Crippen LogP contribution in [0.5, 0.6) is 0 Å². The summed E-state index contributed by atoms with van der Waals surface area (Å²) in [5, 5.41) is 0. The van der Waals surface area contributed by atoms with Gasteiger partial charge in [-0.2, -0.15) is 0 Å². The molecule has 0 aliphatic rings. The molecule has 0 aromatic heterocycles. The molecule has 0 aromatic carbocycles. The van der Waals surface area contributed by atoms with Crippen LogP contribution in [0, 0.1) is 5.92 Å². The molecule has 42 valence electrons. The van der Waals surface area contributed by atoms with E-state index in [9.17, 15) is 0 Å². The van der Waals surface area contributed by atoms with Gasteiger partial charge < -0.3 is 0 Å². The second kappa shape index (κ2) is 8.89. The first-order chi connectivity index (χ1) is 2.27. The maximum atomic E-state index is 6.66. The number of rotatable bonds is 0. The predicted molar refractivity (Wildman–Crippen MR) is 34.0 cm³/mol. The van der Waals surface area contributed by atoms with E-state index in [0.717, 1.165) is 0 Å². The lowest BCUT2D eigenvalue weighted by molar-refractivity contribution is 0.737. The van der Waals surface area contributed by atoms with E-state index in [1.807, 2.05) is 13.8 Å². The molecule has 0 aliphatic heterocycles. The monoisotopic (exact) mass is 91.1 g/mol. The molecular weight excluding hydrogens is 72.1 g/mol. The molecule has 0 aliphatic carbocycles. The zero-order valence-corrected chi connectivity index (χ0v) is 3.28. The average Bonchev–Trinajstić information content (AvgIpc) is 1.38. The quantitative estimate of drug-likeness (QED) is 0.430. The van der Waals surface area contributed by atoms with Gasteiger partial charge >= 0.3 is 0 Å². The minimum Gasteiger partial charge on any atom is -0.0776 e. The van der Waals surface area contributed by atoms with E-state index in [0.29, 0.717) is 12.8 Å². The van der Waals surface area contributed by atoms with Crippen molar-refractivity contribution in [2.45, 2.75) is 35.6 Å². The van der Waals surface area contributed by atoms with E-state index in [2.05, 4.69) is 0 Å². The van der Waals surface area contributed by atoms with Gasteiger partial charge in [0.1, 0.15) is 0 Å². The van der Waals surface area contributed by atoms with E-state index in [4.69, 9.17) is 1.37 Å². The SMILES string of the molecule is C.C.[2H]CC(C)C. The summed E-state index contributed by atoms with van der Waals surface area (Å²) in [5.41, 5.74) is 0. The molecule has 0 amide bonds. The normalized spacial score (nSPS) is 8.17. The van der Waals surface area contributed by atoms with E-state index in [1.165, 1.54) is 0 Å². The summed E-state index contributed by atoms with van der Waals surface area (Å²) in [5.74, 6) is 0.551. The van der Waals surface area contributed by atoms with Crippen LogP contribution in [0.4, 0.5) is 0 Å². The van der Waals surface area contributed by atoms with Crippen molar-refractivity contribution in [1.29, 1.82) is 0 Å². The summed E-state index contributed by atoms with van der Waals surface area (Å²) in [7, 11) is 0. The highest BCUT2D eigenvalue weighted by molar-refractivity contribution is 4.20. The third-order valence-corrected chi connectivity index (χ3v) is 0. The van der Waals surface area contributed by atoms with Crippen LogP contribution in [0.1, 0.15) is 37.0 Å². The summed E-state index contributed by atoms with van der Waals surface area (Å²) < 4.78 is 6.66. The molecule has 0 saturated heterocycles. The second-order valence-corrected chi connectivity index (χ2v) is 1.39. The van der Waals surface area contributed by atoms with Gasteiger partial charge in [0, 0.05) is 1.37 Å². The first-order valence-corrected chi connectivity index (χ1v) is 1.56. The fraction of sp³-hybridized carbons (Fsp3) is 1.00. The van der Waals surface area contributed by atoms with Gasteiger partial charge in [0.15, 0.2) is 0 Å². The van der Waals surface area contributed by atoms with Crippen molar-refractivity contribution in [3.63, 3.8) is 0 Å². The minimum absolute atomic E-state index is 0. The molecule has 6 heavy (non-hydrogen) atoms. The molecule has 0 spiro atoms. The number of hydrogen-bond donors (Lipinski definition) is 0. The molecule has 0 saturated carbocycles. The second-order valence-electron chi connectivity index (χ2n) is 1.39. The maximum Gasteiger partial charge on any atom is 0.0233 e. The lowest BCUT2D eigenvalue weighted by Crippen LogP contribution is -1.66. The zero-order valence-electron chi connectivity index (χ0n) is 4.28. The van der Waals surface area contributed by atoms with E-state index in [-0.39, 0.29) is 14.9 Å². The van der Waals surface area contributed by atoms with E-state index >= 15 is 0 Å². The van der Waals surface area contributed by atoms with Crippen molar-refractivity contribution >= 4 is 0 Å². The molecule has 0 heterocycles. The van der Waals surface area contributed by atoms with Crippen LogP contribution in [0.25, 0.3) is 0 Å². The average molecular weight is 91.2 g/mol. The Bertz CT molecular complexity index is 18.1. The van der Waals surface area contributed by atoms with E-state index < -0.39 is 0 Å². The van der Waals surface area contributed by atoms with Gasteiger partial charge in [-0.3, -0.25) is 0 Å². The number of hydrogen-bond acceptors (Lipinski definition) is 0. The lowest BCUT2D eigenvalue weighted by atomic mass is 10.3. The Balaban J connectivity index is -0.0000000800. The standard InChI is InChI=1S/C4H10.2CH4/c1-4(2)3;;/h4H,1-3H3;2*1H4/i1D;;. The van der Waals surface area contributed by atoms with Crippen LogP contribution in [0.15, 0.2) is 0 Å². The highest BCUT2D eigenvalue weighted by Gasteiger charge is 1.68. The van der Waals surface area contributed by atoms with Crippen LogP contribution in [0.2, 0.25) is 0 Å². The molecule has 0 unspecified atom stereocenters. The fourth-order valence-electron chi connectivity index (χ4n) is 0. The Hall–Kier alpha value is 0. The van der Waals surface area contributed by atoms with Gasteiger partial charge in [0.2, 0.25) is 0 Å². The first kappa shape index (κ1) is 9.38. The molecule has 0 radical (unpaired) electrons. The summed E-state index contributed by atoms with van der Waals surface area (Å²) in [4.78, 5) is 0. The van der Waals surface area contributed by atoms with Crippen LogP contribution in [-0.2, 0) is 0 Å². The van der Waals surface area contributed by atoms with Crippen molar-refractivity contribution in [2.24, 2.45) is 5.92 Å². The fourth-order valence-corrected chi connectivity index (χ4v) is 0. The van der Waals surface area contributed by atoms with Crippen molar-refractivity contribution in [3.05, 3.63) is 0 Å². The minimum atomic E-state index is 0. The first-order valence-electron chi connectivity index (χ1n) is 2.27. The smallest absolute Gasteiger partial charge is 0.0233 e. The largest absolute Gasteiger partial charge is 0.0776 e.